The Morgan fingerprint density at radius 1 is 1.25 bits per heavy atom. The van der Waals surface area contributed by atoms with Crippen LogP contribution in [0.5, 0.6) is 5.75 Å². The van der Waals surface area contributed by atoms with Gasteiger partial charge < -0.3 is 15.5 Å². The number of phenolic OH excluding ortho intramolecular Hbond substituents is 1. The second-order valence-electron chi connectivity index (χ2n) is 4.92. The van der Waals surface area contributed by atoms with Crippen molar-refractivity contribution in [1.29, 1.82) is 0 Å². The van der Waals surface area contributed by atoms with Crippen molar-refractivity contribution in [3.8, 4) is 5.75 Å². The lowest BCUT2D eigenvalue weighted by Gasteiger charge is -2.28. The van der Waals surface area contributed by atoms with Gasteiger partial charge in [-0.1, -0.05) is 6.07 Å². The summed E-state index contributed by atoms with van der Waals surface area (Å²) in [7, 11) is 0. The number of aromatic hydroxyl groups is 1. The molecule has 0 heterocycles. The van der Waals surface area contributed by atoms with E-state index in [1.807, 2.05) is 32.9 Å². The van der Waals surface area contributed by atoms with E-state index >= 15 is 0 Å². The molecule has 0 aliphatic heterocycles. The van der Waals surface area contributed by atoms with Gasteiger partial charge in [-0.3, -0.25) is 0 Å². The van der Waals surface area contributed by atoms with Crippen LogP contribution in [0.2, 0.25) is 0 Å². The van der Waals surface area contributed by atoms with E-state index in [0.717, 1.165) is 16.8 Å². The van der Waals surface area contributed by atoms with Crippen molar-refractivity contribution in [2.45, 2.75) is 46.3 Å². The molecule has 0 spiro atoms. The Hall–Kier alpha value is -1.22. The van der Waals surface area contributed by atoms with Gasteiger partial charge in [-0.05, 0) is 46.2 Å². The lowest BCUT2D eigenvalue weighted by molar-refractivity contribution is 0.0649. The Balaban J connectivity index is 2.95. The van der Waals surface area contributed by atoms with E-state index < -0.39 is 5.60 Å². The monoisotopic (exact) mass is 223 g/mol. The first-order chi connectivity index (χ1) is 7.23. The van der Waals surface area contributed by atoms with E-state index in [-0.39, 0.29) is 6.04 Å². The average Bonchev–Trinajstić information content (AvgIpc) is 2.17. The maximum absolute atomic E-state index is 9.84. The van der Waals surface area contributed by atoms with Gasteiger partial charge in [0, 0.05) is 11.3 Å². The first-order valence-electron chi connectivity index (χ1n) is 5.51. The van der Waals surface area contributed by atoms with Crippen molar-refractivity contribution in [2.24, 2.45) is 0 Å². The zero-order valence-electron chi connectivity index (χ0n) is 10.6. The fourth-order valence-corrected chi connectivity index (χ4v) is 1.40. The van der Waals surface area contributed by atoms with Crippen LogP contribution in [0.4, 0.5) is 5.69 Å². The van der Waals surface area contributed by atoms with Gasteiger partial charge in [0.05, 0.1) is 11.6 Å². The normalized spacial score (nSPS) is 13.6. The maximum atomic E-state index is 9.84. The highest BCUT2D eigenvalue weighted by Gasteiger charge is 2.22. The standard InChI is InChI=1S/C13H21NO2/c1-8-6-7-11(9(2)12(8)15)14-10(3)13(4,5)16/h6-7,10,14-16H,1-5H3. The van der Waals surface area contributed by atoms with Crippen LogP contribution in [-0.2, 0) is 0 Å². The van der Waals surface area contributed by atoms with Crippen molar-refractivity contribution in [3.05, 3.63) is 23.3 Å². The molecule has 1 aromatic rings. The molecule has 90 valence electrons. The maximum Gasteiger partial charge on any atom is 0.123 e. The third-order valence-corrected chi connectivity index (χ3v) is 3.06. The third kappa shape index (κ3) is 2.67. The number of phenols is 1. The highest BCUT2D eigenvalue weighted by Crippen LogP contribution is 2.29. The molecule has 16 heavy (non-hydrogen) atoms. The van der Waals surface area contributed by atoms with Crippen LogP contribution < -0.4 is 5.32 Å². The Labute approximate surface area is 97.1 Å². The minimum absolute atomic E-state index is 0.0895. The third-order valence-electron chi connectivity index (χ3n) is 3.06. The van der Waals surface area contributed by atoms with Gasteiger partial charge in [-0.2, -0.15) is 0 Å². The lowest BCUT2D eigenvalue weighted by atomic mass is 9.99. The summed E-state index contributed by atoms with van der Waals surface area (Å²) in [6.45, 7) is 9.16. The van der Waals surface area contributed by atoms with E-state index in [9.17, 15) is 10.2 Å². The number of hydrogen-bond acceptors (Lipinski definition) is 3. The van der Waals surface area contributed by atoms with Crippen LogP contribution in [0.3, 0.4) is 0 Å². The number of nitrogens with one attached hydrogen (secondary N) is 1. The Kier molecular flexibility index (Phi) is 3.48. The van der Waals surface area contributed by atoms with Gasteiger partial charge >= 0.3 is 0 Å². The van der Waals surface area contributed by atoms with Crippen LogP contribution in [0.1, 0.15) is 31.9 Å². The van der Waals surface area contributed by atoms with Crippen molar-refractivity contribution in [3.63, 3.8) is 0 Å². The summed E-state index contributed by atoms with van der Waals surface area (Å²) < 4.78 is 0. The van der Waals surface area contributed by atoms with Gasteiger partial charge in [0.25, 0.3) is 0 Å². The summed E-state index contributed by atoms with van der Waals surface area (Å²) in [6.07, 6.45) is 0. The molecular formula is C13H21NO2. The van der Waals surface area contributed by atoms with Gasteiger partial charge in [-0.25, -0.2) is 0 Å². The summed E-state index contributed by atoms with van der Waals surface area (Å²) >= 11 is 0. The number of aliphatic hydroxyl groups is 1. The zero-order valence-corrected chi connectivity index (χ0v) is 10.6. The van der Waals surface area contributed by atoms with Crippen molar-refractivity contribution in [2.75, 3.05) is 5.32 Å². The molecule has 0 amide bonds. The van der Waals surface area contributed by atoms with Gasteiger partial charge in [0.1, 0.15) is 5.75 Å². The molecule has 3 nitrogen and oxygen atoms in total. The summed E-state index contributed by atoms with van der Waals surface area (Å²) in [5.41, 5.74) is 1.74. The molecule has 1 aromatic carbocycles. The van der Waals surface area contributed by atoms with E-state index in [1.165, 1.54) is 0 Å². The van der Waals surface area contributed by atoms with E-state index in [1.54, 1.807) is 13.8 Å². The second kappa shape index (κ2) is 4.34. The van der Waals surface area contributed by atoms with Crippen LogP contribution in [0.25, 0.3) is 0 Å². The predicted molar refractivity (Wildman–Crippen MR) is 67.0 cm³/mol. The highest BCUT2D eigenvalue weighted by molar-refractivity contribution is 5.59. The quantitative estimate of drug-likeness (QED) is 0.738. The Bertz CT molecular complexity index is 380. The molecule has 3 heteroatoms. The summed E-state index contributed by atoms with van der Waals surface area (Å²) in [4.78, 5) is 0. The predicted octanol–water partition coefficient (Wildman–Crippen LogP) is 2.58. The van der Waals surface area contributed by atoms with Crippen LogP contribution >= 0.6 is 0 Å². The van der Waals surface area contributed by atoms with E-state index in [0.29, 0.717) is 5.75 Å². The fraction of sp³-hybridized carbons (Fsp3) is 0.538. The Morgan fingerprint density at radius 2 is 1.81 bits per heavy atom. The molecule has 0 bridgehead atoms. The van der Waals surface area contributed by atoms with Gasteiger partial charge in [0.2, 0.25) is 0 Å². The smallest absolute Gasteiger partial charge is 0.123 e. The van der Waals surface area contributed by atoms with Gasteiger partial charge in [0.15, 0.2) is 0 Å². The molecule has 0 saturated heterocycles. The number of anilines is 1. The molecule has 0 saturated carbocycles. The van der Waals surface area contributed by atoms with Gasteiger partial charge in [-0.15, -0.1) is 0 Å². The minimum Gasteiger partial charge on any atom is -0.507 e. The zero-order chi connectivity index (χ0) is 12.5. The lowest BCUT2D eigenvalue weighted by Crippen LogP contribution is -2.39. The minimum atomic E-state index is -0.799. The molecule has 0 aliphatic carbocycles. The van der Waals surface area contributed by atoms with Crippen molar-refractivity contribution < 1.29 is 10.2 Å². The molecule has 0 radical (unpaired) electrons. The largest absolute Gasteiger partial charge is 0.507 e. The number of rotatable bonds is 3. The van der Waals surface area contributed by atoms with Crippen LogP contribution in [0.15, 0.2) is 12.1 Å². The number of aryl methyl sites for hydroxylation is 1. The SMILES string of the molecule is Cc1ccc(NC(C)C(C)(C)O)c(C)c1O. The highest BCUT2D eigenvalue weighted by atomic mass is 16.3. The topological polar surface area (TPSA) is 52.5 Å². The first-order valence-corrected chi connectivity index (χ1v) is 5.51. The number of hydrogen-bond donors (Lipinski definition) is 3. The summed E-state index contributed by atoms with van der Waals surface area (Å²) in [5.74, 6) is 0.313. The second-order valence-corrected chi connectivity index (χ2v) is 4.92. The fourth-order valence-electron chi connectivity index (χ4n) is 1.40. The van der Waals surface area contributed by atoms with E-state index in [4.69, 9.17) is 0 Å². The van der Waals surface area contributed by atoms with Crippen molar-refractivity contribution in [1.82, 2.24) is 0 Å². The summed E-state index contributed by atoms with van der Waals surface area (Å²) in [5, 5.41) is 22.8. The van der Waals surface area contributed by atoms with Crippen LogP contribution in [0, 0.1) is 13.8 Å². The molecule has 0 aromatic heterocycles. The molecule has 0 aliphatic rings. The molecule has 1 rings (SSSR count). The number of benzene rings is 1. The molecule has 3 N–H and O–H groups in total. The molecule has 1 unspecified atom stereocenters. The average molecular weight is 223 g/mol. The summed E-state index contributed by atoms with van der Waals surface area (Å²) in [6, 6.07) is 3.70. The molecular weight excluding hydrogens is 202 g/mol. The van der Waals surface area contributed by atoms with Crippen LogP contribution in [-0.4, -0.2) is 21.9 Å². The first kappa shape index (κ1) is 12.8. The Morgan fingerprint density at radius 3 is 2.31 bits per heavy atom. The van der Waals surface area contributed by atoms with Crippen molar-refractivity contribution >= 4 is 5.69 Å². The molecule has 1 atom stereocenters. The van der Waals surface area contributed by atoms with E-state index in [2.05, 4.69) is 5.32 Å². The molecule has 0 fully saturated rings.